The van der Waals surface area contributed by atoms with Gasteiger partial charge in [-0.15, -0.1) is 0 Å². The molecule has 0 bridgehead atoms. The maximum absolute atomic E-state index is 12.2. The summed E-state index contributed by atoms with van der Waals surface area (Å²) in [6.45, 7) is 3.47. The summed E-state index contributed by atoms with van der Waals surface area (Å²) in [4.78, 5) is 23.9. The van der Waals surface area contributed by atoms with Gasteiger partial charge in [0.1, 0.15) is 0 Å². The Morgan fingerprint density at radius 1 is 1.29 bits per heavy atom. The highest BCUT2D eigenvalue weighted by atomic mass is 32.2. The molecule has 0 aliphatic rings. The zero-order valence-electron chi connectivity index (χ0n) is 14.4. The summed E-state index contributed by atoms with van der Waals surface area (Å²) < 4.78 is 29.3. The number of anilines is 1. The summed E-state index contributed by atoms with van der Waals surface area (Å²) in [7, 11) is -2.17. The van der Waals surface area contributed by atoms with E-state index < -0.39 is 28.5 Å². The molecule has 1 unspecified atom stereocenters. The number of sulfonamides is 1. The fraction of sp³-hybridized carbons (Fsp3) is 0.500. The van der Waals surface area contributed by atoms with Crippen molar-refractivity contribution in [3.63, 3.8) is 0 Å². The van der Waals surface area contributed by atoms with Crippen molar-refractivity contribution in [3.8, 4) is 0 Å². The van der Waals surface area contributed by atoms with Gasteiger partial charge < -0.3 is 10.1 Å². The molecule has 0 aliphatic heterocycles. The van der Waals surface area contributed by atoms with Crippen LogP contribution in [0.4, 0.5) is 5.69 Å². The van der Waals surface area contributed by atoms with Crippen molar-refractivity contribution in [2.45, 2.75) is 32.7 Å². The SMILES string of the molecule is CCCC(C)NC(=O)COC(=O)c1ccccc1N(C)S(C)(=O)=O. The lowest BCUT2D eigenvalue weighted by Gasteiger charge is -2.19. The molecule has 0 radical (unpaired) electrons. The summed E-state index contributed by atoms with van der Waals surface area (Å²) in [5.41, 5.74) is 0.282. The van der Waals surface area contributed by atoms with Crippen LogP contribution in [0.5, 0.6) is 0 Å². The molecule has 134 valence electrons. The first kappa shape index (κ1) is 20.0. The third-order valence-corrected chi connectivity index (χ3v) is 4.62. The van der Waals surface area contributed by atoms with Crippen molar-refractivity contribution < 1.29 is 22.7 Å². The molecular weight excluding hydrogens is 332 g/mol. The van der Waals surface area contributed by atoms with Crippen LogP contribution in [0.1, 0.15) is 37.0 Å². The van der Waals surface area contributed by atoms with Gasteiger partial charge in [-0.3, -0.25) is 9.10 Å². The number of nitrogens with zero attached hydrogens (tertiary/aromatic N) is 1. The molecule has 1 aromatic carbocycles. The minimum atomic E-state index is -3.52. The normalized spacial score (nSPS) is 12.3. The summed E-state index contributed by atoms with van der Waals surface area (Å²) >= 11 is 0. The number of hydrogen-bond acceptors (Lipinski definition) is 5. The molecule has 1 atom stereocenters. The largest absolute Gasteiger partial charge is 0.452 e. The molecule has 0 aliphatic carbocycles. The van der Waals surface area contributed by atoms with Crippen LogP contribution < -0.4 is 9.62 Å². The number of carbonyl (C=O) groups excluding carboxylic acids is 2. The van der Waals surface area contributed by atoms with E-state index in [1.165, 1.54) is 19.2 Å². The van der Waals surface area contributed by atoms with Crippen molar-refractivity contribution in [1.29, 1.82) is 0 Å². The summed E-state index contributed by atoms with van der Waals surface area (Å²) in [5.74, 6) is -1.14. The minimum absolute atomic E-state index is 0.00450. The first-order valence-corrected chi connectivity index (χ1v) is 9.51. The van der Waals surface area contributed by atoms with Gasteiger partial charge in [0, 0.05) is 13.1 Å². The monoisotopic (exact) mass is 356 g/mol. The number of hydrogen-bond donors (Lipinski definition) is 1. The molecule has 0 heterocycles. The highest BCUT2D eigenvalue weighted by Gasteiger charge is 2.21. The van der Waals surface area contributed by atoms with E-state index in [0.717, 1.165) is 23.4 Å². The topological polar surface area (TPSA) is 92.8 Å². The molecule has 24 heavy (non-hydrogen) atoms. The van der Waals surface area contributed by atoms with E-state index in [2.05, 4.69) is 5.32 Å². The van der Waals surface area contributed by atoms with Crippen molar-refractivity contribution in [2.24, 2.45) is 0 Å². The fourth-order valence-electron chi connectivity index (χ4n) is 2.13. The molecule has 0 fully saturated rings. The molecule has 8 heteroatoms. The standard InChI is InChI=1S/C16H24N2O5S/c1-5-8-12(2)17-15(19)11-23-16(20)13-9-6-7-10-14(13)18(3)24(4,21)22/h6-7,9-10,12H,5,8,11H2,1-4H3,(H,17,19). The van der Waals surface area contributed by atoms with Crippen LogP contribution in [0, 0.1) is 0 Å². The number of nitrogens with one attached hydrogen (secondary N) is 1. The van der Waals surface area contributed by atoms with Gasteiger partial charge >= 0.3 is 5.97 Å². The number of rotatable bonds is 8. The van der Waals surface area contributed by atoms with Gasteiger partial charge in [0.2, 0.25) is 10.0 Å². The number of ether oxygens (including phenoxy) is 1. The van der Waals surface area contributed by atoms with E-state index >= 15 is 0 Å². The van der Waals surface area contributed by atoms with Crippen LogP contribution in [0.15, 0.2) is 24.3 Å². The minimum Gasteiger partial charge on any atom is -0.452 e. The first-order valence-electron chi connectivity index (χ1n) is 7.66. The molecule has 0 aromatic heterocycles. The Bertz CT molecular complexity index is 687. The molecule has 1 aromatic rings. The molecular formula is C16H24N2O5S. The lowest BCUT2D eigenvalue weighted by atomic mass is 10.2. The van der Waals surface area contributed by atoms with Crippen LogP contribution in [-0.2, 0) is 19.6 Å². The molecule has 1 rings (SSSR count). The van der Waals surface area contributed by atoms with Crippen LogP contribution >= 0.6 is 0 Å². The molecule has 1 N–H and O–H groups in total. The van der Waals surface area contributed by atoms with E-state index in [4.69, 9.17) is 4.74 Å². The van der Waals surface area contributed by atoms with E-state index in [9.17, 15) is 18.0 Å². The Labute approximate surface area is 143 Å². The van der Waals surface area contributed by atoms with Crippen LogP contribution in [0.25, 0.3) is 0 Å². The maximum Gasteiger partial charge on any atom is 0.340 e. The summed E-state index contributed by atoms with van der Waals surface area (Å²) in [5, 5.41) is 2.73. The number of carbonyl (C=O) groups is 2. The molecule has 1 amide bonds. The second-order valence-electron chi connectivity index (χ2n) is 5.58. The average molecular weight is 356 g/mol. The van der Waals surface area contributed by atoms with Gasteiger partial charge in [-0.05, 0) is 25.5 Å². The van der Waals surface area contributed by atoms with Crippen LogP contribution in [0.2, 0.25) is 0 Å². The number of amides is 1. The van der Waals surface area contributed by atoms with Crippen molar-refractivity contribution in [1.82, 2.24) is 5.32 Å². The van der Waals surface area contributed by atoms with E-state index in [1.807, 2.05) is 13.8 Å². The third kappa shape index (κ3) is 5.84. The van der Waals surface area contributed by atoms with Crippen molar-refractivity contribution >= 4 is 27.6 Å². The zero-order valence-corrected chi connectivity index (χ0v) is 15.2. The van der Waals surface area contributed by atoms with Gasteiger partial charge in [0.05, 0.1) is 17.5 Å². The van der Waals surface area contributed by atoms with Gasteiger partial charge in [-0.2, -0.15) is 0 Å². The number of benzene rings is 1. The molecule has 7 nitrogen and oxygen atoms in total. The predicted octanol–water partition coefficient (Wildman–Crippen LogP) is 1.54. The Morgan fingerprint density at radius 3 is 2.50 bits per heavy atom. The summed E-state index contributed by atoms with van der Waals surface area (Å²) in [6, 6.07) is 6.18. The third-order valence-electron chi connectivity index (χ3n) is 3.42. The van der Waals surface area contributed by atoms with Gasteiger partial charge in [0.15, 0.2) is 6.61 Å². The van der Waals surface area contributed by atoms with Crippen molar-refractivity contribution in [2.75, 3.05) is 24.2 Å². The average Bonchev–Trinajstić information content (AvgIpc) is 2.51. The highest BCUT2D eigenvalue weighted by molar-refractivity contribution is 7.92. The lowest BCUT2D eigenvalue weighted by molar-refractivity contribution is -0.124. The Hall–Kier alpha value is -2.09. The summed E-state index contributed by atoms with van der Waals surface area (Å²) in [6.07, 6.45) is 2.81. The van der Waals surface area contributed by atoms with E-state index in [1.54, 1.807) is 12.1 Å². The van der Waals surface area contributed by atoms with Gasteiger partial charge in [-0.1, -0.05) is 25.5 Å². The second kappa shape index (κ2) is 8.68. The Balaban J connectivity index is 2.78. The highest BCUT2D eigenvalue weighted by Crippen LogP contribution is 2.22. The quantitative estimate of drug-likeness (QED) is 0.713. The van der Waals surface area contributed by atoms with Crippen LogP contribution in [0.3, 0.4) is 0 Å². The van der Waals surface area contributed by atoms with E-state index in [-0.39, 0.29) is 17.3 Å². The Kier molecular flexibility index (Phi) is 7.21. The fourth-order valence-corrected chi connectivity index (χ4v) is 2.65. The lowest BCUT2D eigenvalue weighted by Crippen LogP contribution is -2.36. The Morgan fingerprint density at radius 2 is 1.92 bits per heavy atom. The zero-order chi connectivity index (χ0) is 18.3. The molecule has 0 spiro atoms. The molecule has 0 saturated carbocycles. The molecule has 0 saturated heterocycles. The second-order valence-corrected chi connectivity index (χ2v) is 7.59. The first-order chi connectivity index (χ1) is 11.2. The predicted molar refractivity (Wildman–Crippen MR) is 92.5 cm³/mol. The van der Waals surface area contributed by atoms with Gasteiger partial charge in [-0.25, -0.2) is 13.2 Å². The van der Waals surface area contributed by atoms with E-state index in [0.29, 0.717) is 0 Å². The van der Waals surface area contributed by atoms with Crippen molar-refractivity contribution in [3.05, 3.63) is 29.8 Å². The van der Waals surface area contributed by atoms with Crippen LogP contribution in [-0.4, -0.2) is 46.2 Å². The number of para-hydroxylation sites is 1. The number of esters is 1. The maximum atomic E-state index is 12.2. The smallest absolute Gasteiger partial charge is 0.340 e. The van der Waals surface area contributed by atoms with Gasteiger partial charge in [0.25, 0.3) is 5.91 Å².